The first kappa shape index (κ1) is 20.5. The molecule has 0 radical (unpaired) electrons. The lowest BCUT2D eigenvalue weighted by Gasteiger charge is -2.33. The number of benzene rings is 2. The molecule has 0 aromatic heterocycles. The van der Waals surface area contributed by atoms with Crippen molar-refractivity contribution >= 4 is 29.1 Å². The van der Waals surface area contributed by atoms with E-state index >= 15 is 0 Å². The fourth-order valence-electron chi connectivity index (χ4n) is 4.35. The molecule has 1 aliphatic carbocycles. The largest absolute Gasteiger partial charge is 0.486 e. The van der Waals surface area contributed by atoms with Crippen molar-refractivity contribution < 1.29 is 19.1 Å². The number of anilines is 1. The van der Waals surface area contributed by atoms with Gasteiger partial charge in [0, 0.05) is 7.05 Å². The van der Waals surface area contributed by atoms with Gasteiger partial charge in [-0.15, -0.1) is 0 Å². The van der Waals surface area contributed by atoms with E-state index in [1.165, 1.54) is 4.90 Å². The van der Waals surface area contributed by atoms with Gasteiger partial charge in [0.05, 0.1) is 22.7 Å². The zero-order valence-corrected chi connectivity index (χ0v) is 17.7. The molecule has 0 unspecified atom stereocenters. The SMILES string of the molecule is CN(CC(=O)Nc1ccccc1Cl)C(=O)C1(c2ccc3c(c2)OCCO3)CCCC1. The zero-order chi connectivity index (χ0) is 21.1. The molecule has 7 heteroatoms. The Morgan fingerprint density at radius 3 is 2.50 bits per heavy atom. The van der Waals surface area contributed by atoms with E-state index in [9.17, 15) is 9.59 Å². The van der Waals surface area contributed by atoms with Gasteiger partial charge in [-0.1, -0.05) is 42.6 Å². The summed E-state index contributed by atoms with van der Waals surface area (Å²) in [5.41, 5.74) is 0.815. The molecule has 6 nitrogen and oxygen atoms in total. The van der Waals surface area contributed by atoms with Crippen LogP contribution in [0.25, 0.3) is 0 Å². The molecule has 4 rings (SSSR count). The van der Waals surface area contributed by atoms with Crippen LogP contribution in [0.1, 0.15) is 31.2 Å². The molecular weight excluding hydrogens is 404 g/mol. The summed E-state index contributed by atoms with van der Waals surface area (Å²) in [5.74, 6) is 1.05. The molecule has 1 aliphatic heterocycles. The van der Waals surface area contributed by atoms with E-state index in [1.807, 2.05) is 18.2 Å². The standard InChI is InChI=1S/C23H25ClN2O4/c1-26(15-21(27)25-18-7-3-2-6-17(18)24)22(28)23(10-4-5-11-23)16-8-9-19-20(14-16)30-13-12-29-19/h2-3,6-9,14H,4-5,10-13,15H2,1H3,(H,25,27). The van der Waals surface area contributed by atoms with Crippen LogP contribution in [0.4, 0.5) is 5.69 Å². The van der Waals surface area contributed by atoms with E-state index in [4.69, 9.17) is 21.1 Å². The Labute approximate surface area is 181 Å². The van der Waals surface area contributed by atoms with Gasteiger partial charge in [0.2, 0.25) is 11.8 Å². The Morgan fingerprint density at radius 2 is 1.77 bits per heavy atom. The van der Waals surface area contributed by atoms with Crippen molar-refractivity contribution in [2.75, 3.05) is 32.1 Å². The van der Waals surface area contributed by atoms with Gasteiger partial charge in [0.1, 0.15) is 13.2 Å². The molecule has 2 aromatic carbocycles. The first-order valence-electron chi connectivity index (χ1n) is 10.2. The normalized spacial score (nSPS) is 16.7. The van der Waals surface area contributed by atoms with E-state index in [2.05, 4.69) is 5.32 Å². The van der Waals surface area contributed by atoms with Gasteiger partial charge in [0.25, 0.3) is 0 Å². The minimum absolute atomic E-state index is 0.0453. The number of carbonyl (C=O) groups excluding carboxylic acids is 2. The highest BCUT2D eigenvalue weighted by Gasteiger charge is 2.45. The predicted molar refractivity (Wildman–Crippen MR) is 115 cm³/mol. The number of carbonyl (C=O) groups is 2. The Balaban J connectivity index is 1.52. The molecule has 2 aliphatic rings. The molecule has 1 saturated carbocycles. The molecule has 0 atom stereocenters. The molecule has 1 heterocycles. The molecule has 1 fully saturated rings. The number of nitrogens with one attached hydrogen (secondary N) is 1. The van der Waals surface area contributed by atoms with Crippen molar-refractivity contribution in [3.63, 3.8) is 0 Å². The Bertz CT molecular complexity index is 956. The number of hydrogen-bond acceptors (Lipinski definition) is 4. The van der Waals surface area contributed by atoms with Gasteiger partial charge in [-0.05, 0) is 42.7 Å². The highest BCUT2D eigenvalue weighted by atomic mass is 35.5. The molecule has 0 spiro atoms. The first-order chi connectivity index (χ1) is 14.5. The maximum Gasteiger partial charge on any atom is 0.244 e. The van der Waals surface area contributed by atoms with Crippen LogP contribution in [0.2, 0.25) is 5.02 Å². The van der Waals surface area contributed by atoms with Crippen molar-refractivity contribution in [3.05, 3.63) is 53.1 Å². The number of ether oxygens (including phenoxy) is 2. The lowest BCUT2D eigenvalue weighted by Crippen LogP contribution is -2.46. The van der Waals surface area contributed by atoms with Crippen LogP contribution in [-0.4, -0.2) is 43.5 Å². The highest BCUT2D eigenvalue weighted by Crippen LogP contribution is 2.45. The number of hydrogen-bond donors (Lipinski definition) is 1. The molecule has 2 aromatic rings. The lowest BCUT2D eigenvalue weighted by molar-refractivity contribution is -0.138. The number of amides is 2. The summed E-state index contributed by atoms with van der Waals surface area (Å²) in [6.07, 6.45) is 3.45. The number of halogens is 1. The number of nitrogens with zero attached hydrogens (tertiary/aromatic N) is 1. The second-order valence-corrected chi connectivity index (χ2v) is 8.24. The maximum absolute atomic E-state index is 13.5. The van der Waals surface area contributed by atoms with Gasteiger partial charge in [-0.25, -0.2) is 0 Å². The van der Waals surface area contributed by atoms with Crippen LogP contribution in [0.5, 0.6) is 11.5 Å². The summed E-state index contributed by atoms with van der Waals surface area (Å²) in [7, 11) is 1.67. The molecule has 0 bridgehead atoms. The summed E-state index contributed by atoms with van der Waals surface area (Å²) < 4.78 is 11.3. The summed E-state index contributed by atoms with van der Waals surface area (Å²) in [5, 5.41) is 3.24. The topological polar surface area (TPSA) is 67.9 Å². The van der Waals surface area contributed by atoms with Crippen LogP contribution < -0.4 is 14.8 Å². The van der Waals surface area contributed by atoms with Gasteiger partial charge in [-0.3, -0.25) is 9.59 Å². The number of likely N-dealkylation sites (N-methyl/N-ethyl adjacent to an activating group) is 1. The second kappa shape index (κ2) is 8.56. The van der Waals surface area contributed by atoms with E-state index in [-0.39, 0.29) is 18.4 Å². The number of fused-ring (bicyclic) bond motifs is 1. The highest BCUT2D eigenvalue weighted by molar-refractivity contribution is 6.33. The lowest BCUT2D eigenvalue weighted by atomic mass is 9.77. The monoisotopic (exact) mass is 428 g/mol. The van der Waals surface area contributed by atoms with Crippen LogP contribution >= 0.6 is 11.6 Å². The van der Waals surface area contributed by atoms with Crippen molar-refractivity contribution in [1.29, 1.82) is 0 Å². The molecule has 158 valence electrons. The van der Waals surface area contributed by atoms with Crippen LogP contribution in [-0.2, 0) is 15.0 Å². The average Bonchev–Trinajstić information content (AvgIpc) is 3.25. The maximum atomic E-state index is 13.5. The van der Waals surface area contributed by atoms with Gasteiger partial charge in [0.15, 0.2) is 11.5 Å². The Hall–Kier alpha value is -2.73. The van der Waals surface area contributed by atoms with Crippen molar-refractivity contribution in [3.8, 4) is 11.5 Å². The predicted octanol–water partition coefficient (Wildman–Crippen LogP) is 4.02. The molecule has 30 heavy (non-hydrogen) atoms. The fourth-order valence-corrected chi connectivity index (χ4v) is 4.53. The molecule has 2 amide bonds. The van der Waals surface area contributed by atoms with Gasteiger partial charge in [-0.2, -0.15) is 0 Å². The van der Waals surface area contributed by atoms with E-state index in [0.717, 1.165) is 31.2 Å². The van der Waals surface area contributed by atoms with E-state index in [0.29, 0.717) is 35.4 Å². The zero-order valence-electron chi connectivity index (χ0n) is 16.9. The second-order valence-electron chi connectivity index (χ2n) is 7.84. The summed E-state index contributed by atoms with van der Waals surface area (Å²) in [4.78, 5) is 27.6. The van der Waals surface area contributed by atoms with Crippen LogP contribution in [0.15, 0.2) is 42.5 Å². The van der Waals surface area contributed by atoms with Crippen molar-refractivity contribution in [1.82, 2.24) is 4.90 Å². The summed E-state index contributed by atoms with van der Waals surface area (Å²) in [6.45, 7) is 0.982. The quantitative estimate of drug-likeness (QED) is 0.781. The molecule has 1 N–H and O–H groups in total. The van der Waals surface area contributed by atoms with Gasteiger partial charge >= 0.3 is 0 Å². The van der Waals surface area contributed by atoms with E-state index in [1.54, 1.807) is 31.3 Å². The average molecular weight is 429 g/mol. The van der Waals surface area contributed by atoms with Gasteiger partial charge < -0.3 is 19.7 Å². The van der Waals surface area contributed by atoms with Crippen LogP contribution in [0, 0.1) is 0 Å². The molecular formula is C23H25ClN2O4. The first-order valence-corrected chi connectivity index (χ1v) is 10.6. The third-order valence-electron chi connectivity index (χ3n) is 5.84. The third kappa shape index (κ3) is 3.97. The Kier molecular flexibility index (Phi) is 5.86. The minimum Gasteiger partial charge on any atom is -0.486 e. The summed E-state index contributed by atoms with van der Waals surface area (Å²) >= 11 is 6.11. The summed E-state index contributed by atoms with van der Waals surface area (Å²) in [6, 6.07) is 12.8. The fraction of sp³-hybridized carbons (Fsp3) is 0.391. The number of rotatable bonds is 5. The van der Waals surface area contributed by atoms with E-state index < -0.39 is 5.41 Å². The third-order valence-corrected chi connectivity index (χ3v) is 6.17. The van der Waals surface area contributed by atoms with Crippen LogP contribution in [0.3, 0.4) is 0 Å². The number of para-hydroxylation sites is 1. The minimum atomic E-state index is -0.644. The van der Waals surface area contributed by atoms with Crippen molar-refractivity contribution in [2.45, 2.75) is 31.1 Å². The Morgan fingerprint density at radius 1 is 1.07 bits per heavy atom. The van der Waals surface area contributed by atoms with Crippen molar-refractivity contribution in [2.24, 2.45) is 0 Å². The smallest absolute Gasteiger partial charge is 0.244 e. The molecule has 0 saturated heterocycles.